The average Bonchev–Trinajstić information content (AvgIpc) is 2.38. The van der Waals surface area contributed by atoms with E-state index < -0.39 is 19.3 Å². The zero-order chi connectivity index (χ0) is 14.7. The van der Waals surface area contributed by atoms with Crippen molar-refractivity contribution in [3.05, 3.63) is 4.91 Å². The summed E-state index contributed by atoms with van der Waals surface area (Å²) in [6.45, 7) is 4.12. The van der Waals surface area contributed by atoms with Gasteiger partial charge in [-0.3, -0.25) is 9.36 Å². The average molecular weight is 295 g/mol. The number of nitroso groups, excluding NO2 is 1. The normalized spacial score (nSPS) is 13.2. The van der Waals surface area contributed by atoms with Gasteiger partial charge < -0.3 is 14.2 Å². The van der Waals surface area contributed by atoms with Gasteiger partial charge >= 0.3 is 13.6 Å². The van der Waals surface area contributed by atoms with E-state index in [9.17, 15) is 14.3 Å². The molecule has 0 aliphatic carbocycles. The van der Waals surface area contributed by atoms with Crippen molar-refractivity contribution in [3.63, 3.8) is 0 Å². The minimum absolute atomic E-state index is 0.0838. The van der Waals surface area contributed by atoms with Crippen molar-refractivity contribution in [1.29, 1.82) is 0 Å². The quantitative estimate of drug-likeness (QED) is 0.437. The molecule has 0 aromatic rings. The van der Waals surface area contributed by atoms with E-state index in [1.54, 1.807) is 0 Å². The number of carboxylic acid groups (broad SMARTS) is 1. The van der Waals surface area contributed by atoms with Crippen molar-refractivity contribution in [1.82, 2.24) is 0 Å². The molecule has 0 aliphatic heterocycles. The van der Waals surface area contributed by atoms with Crippen LogP contribution in [0.5, 0.6) is 0 Å². The number of nitrogens with zero attached hydrogens (tertiary/aromatic N) is 1. The topological polar surface area (TPSA) is 102 Å². The minimum atomic E-state index is -3.59. The summed E-state index contributed by atoms with van der Waals surface area (Å²) in [5, 5.41) is 11.4. The Hall–Kier alpha value is -0.780. The van der Waals surface area contributed by atoms with E-state index >= 15 is 0 Å². The van der Waals surface area contributed by atoms with Crippen LogP contribution in [0.25, 0.3) is 0 Å². The van der Waals surface area contributed by atoms with Crippen molar-refractivity contribution < 1.29 is 23.5 Å². The van der Waals surface area contributed by atoms with E-state index in [4.69, 9.17) is 14.2 Å². The molecule has 1 atom stereocenters. The lowest BCUT2D eigenvalue weighted by molar-refractivity contribution is -0.137. The number of carboxylic acids is 1. The SMILES string of the molecule is CCCOP(=O)(OCCC)C(CCCC(=O)O)N=O. The summed E-state index contributed by atoms with van der Waals surface area (Å²) in [4.78, 5) is 21.2. The van der Waals surface area contributed by atoms with E-state index in [1.165, 1.54) is 0 Å². The molecule has 19 heavy (non-hydrogen) atoms. The molecule has 0 aliphatic rings. The fourth-order valence-corrected chi connectivity index (χ4v) is 3.26. The highest BCUT2D eigenvalue weighted by atomic mass is 31.2. The van der Waals surface area contributed by atoms with Crippen molar-refractivity contribution >= 4 is 13.6 Å². The van der Waals surface area contributed by atoms with Gasteiger partial charge in [-0.1, -0.05) is 19.0 Å². The number of aliphatic carboxylic acids is 1. The standard InChI is InChI=1S/C11H22NO6P/c1-3-8-17-19(16,18-9-4-2)10(12-15)6-5-7-11(13)14/h10H,3-9H2,1-2H3,(H,13,14). The molecule has 7 nitrogen and oxygen atoms in total. The monoisotopic (exact) mass is 295 g/mol. The van der Waals surface area contributed by atoms with Crippen LogP contribution < -0.4 is 0 Å². The van der Waals surface area contributed by atoms with Gasteiger partial charge in [-0.05, 0) is 25.7 Å². The lowest BCUT2D eigenvalue weighted by atomic mass is 10.2. The van der Waals surface area contributed by atoms with Gasteiger partial charge in [0, 0.05) is 6.42 Å². The van der Waals surface area contributed by atoms with E-state index in [0.29, 0.717) is 12.8 Å². The van der Waals surface area contributed by atoms with Gasteiger partial charge in [0.15, 0.2) is 5.78 Å². The van der Waals surface area contributed by atoms with Gasteiger partial charge in [-0.15, -0.1) is 4.91 Å². The second-order valence-electron chi connectivity index (χ2n) is 4.08. The Kier molecular flexibility index (Phi) is 9.65. The summed E-state index contributed by atoms with van der Waals surface area (Å²) < 4.78 is 22.8. The molecule has 0 rings (SSSR count). The predicted octanol–water partition coefficient (Wildman–Crippen LogP) is 3.38. The molecule has 0 saturated heterocycles. The van der Waals surface area contributed by atoms with Gasteiger partial charge in [-0.2, -0.15) is 0 Å². The van der Waals surface area contributed by atoms with Crippen LogP contribution in [0.2, 0.25) is 0 Å². The van der Waals surface area contributed by atoms with Crippen LogP contribution in [0.4, 0.5) is 0 Å². The van der Waals surface area contributed by atoms with Crippen LogP contribution >= 0.6 is 7.60 Å². The van der Waals surface area contributed by atoms with Gasteiger partial charge in [0.1, 0.15) is 0 Å². The summed E-state index contributed by atoms with van der Waals surface area (Å²) in [5.41, 5.74) is 0. The highest BCUT2D eigenvalue weighted by Crippen LogP contribution is 2.55. The molecule has 0 radical (unpaired) electrons. The maximum Gasteiger partial charge on any atom is 0.358 e. The summed E-state index contributed by atoms with van der Waals surface area (Å²) >= 11 is 0. The Labute approximate surface area is 113 Å². The van der Waals surface area contributed by atoms with Gasteiger partial charge in [0.25, 0.3) is 0 Å². The summed E-state index contributed by atoms with van der Waals surface area (Å²) in [6.07, 6.45) is 1.47. The molecule has 0 spiro atoms. The highest BCUT2D eigenvalue weighted by molar-refractivity contribution is 7.54. The molecule has 0 saturated carbocycles. The first-order valence-electron chi connectivity index (χ1n) is 6.43. The van der Waals surface area contributed by atoms with Gasteiger partial charge in [0.05, 0.1) is 13.2 Å². The summed E-state index contributed by atoms with van der Waals surface area (Å²) in [7, 11) is -3.59. The second kappa shape index (κ2) is 10.1. The Morgan fingerprint density at radius 3 is 2.16 bits per heavy atom. The number of hydrogen-bond donors (Lipinski definition) is 1. The highest BCUT2D eigenvalue weighted by Gasteiger charge is 2.37. The third-order valence-corrected chi connectivity index (χ3v) is 4.46. The number of hydrogen-bond acceptors (Lipinski definition) is 6. The molecule has 0 amide bonds. The molecule has 0 fully saturated rings. The lowest BCUT2D eigenvalue weighted by Gasteiger charge is -2.21. The lowest BCUT2D eigenvalue weighted by Crippen LogP contribution is -2.12. The maximum atomic E-state index is 12.5. The van der Waals surface area contributed by atoms with E-state index in [1.807, 2.05) is 13.8 Å². The Balaban J connectivity index is 4.61. The van der Waals surface area contributed by atoms with Gasteiger partial charge in [-0.25, -0.2) is 0 Å². The molecular formula is C11H22NO6P. The third-order valence-electron chi connectivity index (χ3n) is 2.29. The van der Waals surface area contributed by atoms with Crippen LogP contribution in [-0.2, 0) is 18.4 Å². The van der Waals surface area contributed by atoms with E-state index in [2.05, 4.69) is 5.18 Å². The Bertz CT molecular complexity index is 310. The minimum Gasteiger partial charge on any atom is -0.481 e. The van der Waals surface area contributed by atoms with Crippen LogP contribution in [0.3, 0.4) is 0 Å². The zero-order valence-electron chi connectivity index (χ0n) is 11.4. The van der Waals surface area contributed by atoms with Crippen LogP contribution in [0.15, 0.2) is 5.18 Å². The molecule has 0 bridgehead atoms. The van der Waals surface area contributed by atoms with E-state index in [-0.39, 0.29) is 32.5 Å². The largest absolute Gasteiger partial charge is 0.481 e. The van der Waals surface area contributed by atoms with Crippen molar-refractivity contribution in [2.75, 3.05) is 13.2 Å². The molecule has 112 valence electrons. The van der Waals surface area contributed by atoms with Gasteiger partial charge in [0.2, 0.25) is 0 Å². The van der Waals surface area contributed by atoms with E-state index in [0.717, 1.165) is 0 Å². The Morgan fingerprint density at radius 2 is 1.79 bits per heavy atom. The molecule has 1 unspecified atom stereocenters. The fourth-order valence-electron chi connectivity index (χ4n) is 1.35. The third kappa shape index (κ3) is 7.40. The number of carbonyl (C=O) groups is 1. The fraction of sp³-hybridized carbons (Fsp3) is 0.909. The first-order chi connectivity index (χ1) is 9.00. The van der Waals surface area contributed by atoms with Crippen LogP contribution in [0, 0.1) is 4.91 Å². The maximum absolute atomic E-state index is 12.5. The van der Waals surface area contributed by atoms with Crippen LogP contribution in [0.1, 0.15) is 46.0 Å². The molecule has 8 heteroatoms. The smallest absolute Gasteiger partial charge is 0.358 e. The second-order valence-corrected chi connectivity index (χ2v) is 6.27. The van der Waals surface area contributed by atoms with Crippen molar-refractivity contribution in [2.45, 2.75) is 51.7 Å². The molecular weight excluding hydrogens is 273 g/mol. The molecule has 0 aromatic heterocycles. The Morgan fingerprint density at radius 1 is 1.26 bits per heavy atom. The zero-order valence-corrected chi connectivity index (χ0v) is 12.3. The summed E-state index contributed by atoms with van der Waals surface area (Å²) in [6, 6.07) is 0. The van der Waals surface area contributed by atoms with Crippen molar-refractivity contribution in [2.24, 2.45) is 5.18 Å². The molecule has 0 heterocycles. The van der Waals surface area contributed by atoms with Crippen LogP contribution in [-0.4, -0.2) is 30.1 Å². The first-order valence-corrected chi connectivity index (χ1v) is 8.04. The first kappa shape index (κ1) is 18.2. The summed E-state index contributed by atoms with van der Waals surface area (Å²) in [5.74, 6) is -2.10. The molecule has 1 N–H and O–H groups in total. The molecule has 0 aromatic carbocycles. The number of rotatable bonds is 12. The van der Waals surface area contributed by atoms with Crippen molar-refractivity contribution in [3.8, 4) is 0 Å². The predicted molar refractivity (Wildman–Crippen MR) is 71.2 cm³/mol.